The van der Waals surface area contributed by atoms with Crippen LogP contribution in [0.3, 0.4) is 0 Å². The number of nitrogens with zero attached hydrogens (tertiary/aromatic N) is 6. The highest BCUT2D eigenvalue weighted by Gasteiger charge is 2.25. The van der Waals surface area contributed by atoms with Gasteiger partial charge in [-0.2, -0.15) is 5.10 Å². The van der Waals surface area contributed by atoms with Crippen molar-refractivity contribution in [1.29, 1.82) is 0 Å². The molecule has 190 valence electrons. The lowest BCUT2D eigenvalue weighted by atomic mass is 10.1. The molecule has 0 aliphatic heterocycles. The summed E-state index contributed by atoms with van der Waals surface area (Å²) in [7, 11) is 3.24. The molecule has 4 aromatic heterocycles. The van der Waals surface area contributed by atoms with Crippen LogP contribution in [0.5, 0.6) is 0 Å². The van der Waals surface area contributed by atoms with Crippen LogP contribution in [0, 0.1) is 11.7 Å². The molecular formula is C27H27FN6O3. The average molecular weight is 503 g/mol. The van der Waals surface area contributed by atoms with Crippen LogP contribution < -0.4 is 11.2 Å². The van der Waals surface area contributed by atoms with Crippen LogP contribution in [0.25, 0.3) is 33.3 Å². The van der Waals surface area contributed by atoms with E-state index >= 15 is 0 Å². The molecule has 0 radical (unpaired) electrons. The van der Waals surface area contributed by atoms with E-state index in [4.69, 9.17) is 5.10 Å². The largest absolute Gasteiger partial charge is 0.349 e. The van der Waals surface area contributed by atoms with E-state index in [1.165, 1.54) is 30.7 Å². The van der Waals surface area contributed by atoms with Crippen LogP contribution in [0.2, 0.25) is 0 Å². The lowest BCUT2D eigenvalue weighted by molar-refractivity contribution is 0.101. The summed E-state index contributed by atoms with van der Waals surface area (Å²) in [5.41, 5.74) is 2.28. The number of rotatable bonds is 6. The Kier molecular flexibility index (Phi) is 5.89. The maximum absolute atomic E-state index is 14.1. The summed E-state index contributed by atoms with van der Waals surface area (Å²) in [5, 5.41) is 5.68. The Morgan fingerprint density at radius 2 is 1.86 bits per heavy atom. The van der Waals surface area contributed by atoms with Gasteiger partial charge in [-0.05, 0) is 48.7 Å². The second-order valence-corrected chi connectivity index (χ2v) is 9.77. The maximum Gasteiger partial charge on any atom is 0.332 e. The number of Topliss-reactive ketones (excluding diaryl/α,β-unsaturated/α-hetero) is 1. The number of aromatic nitrogens is 6. The molecule has 37 heavy (non-hydrogen) atoms. The zero-order valence-electron chi connectivity index (χ0n) is 21.3. The smallest absolute Gasteiger partial charge is 0.332 e. The molecule has 0 amide bonds. The van der Waals surface area contributed by atoms with Crippen LogP contribution in [0.15, 0.2) is 52.3 Å². The Morgan fingerprint density at radius 1 is 1.11 bits per heavy atom. The molecule has 0 aliphatic carbocycles. The second-order valence-electron chi connectivity index (χ2n) is 9.77. The van der Waals surface area contributed by atoms with Gasteiger partial charge < -0.3 is 4.57 Å². The third kappa shape index (κ3) is 4.08. The topological polar surface area (TPSA) is 96.7 Å². The zero-order chi connectivity index (χ0) is 26.6. The first kappa shape index (κ1) is 24.4. The number of benzene rings is 1. The summed E-state index contributed by atoms with van der Waals surface area (Å²) in [6.45, 7) is 6.00. The van der Waals surface area contributed by atoms with Crippen molar-refractivity contribution in [3.05, 3.63) is 80.5 Å². The number of hydrogen-bond donors (Lipinski definition) is 0. The number of hydrogen-bond acceptors (Lipinski definition) is 5. The van der Waals surface area contributed by atoms with E-state index in [-0.39, 0.29) is 35.1 Å². The van der Waals surface area contributed by atoms with Crippen LogP contribution in [0.4, 0.5) is 4.39 Å². The lowest BCUT2D eigenvalue weighted by Gasteiger charge is -2.11. The van der Waals surface area contributed by atoms with Crippen molar-refractivity contribution in [2.24, 2.45) is 20.0 Å². The molecule has 0 spiro atoms. The standard InChI is InChI=1S/C27H27FN6O3/c1-15(2)12-33-25-23(26(36)32(5)27(33)37)24(22-10-18(16(3)35)13-31(22)4)34(30-25)14-17-8-9-29-21-7-6-19(28)11-20(17)21/h6-11,13,15H,12,14H2,1-5H3. The third-order valence-corrected chi connectivity index (χ3v) is 6.54. The molecule has 0 unspecified atom stereocenters. The first-order valence-corrected chi connectivity index (χ1v) is 12.0. The molecule has 0 fully saturated rings. The number of carbonyl (C=O) groups excluding carboxylic acids is 1. The van der Waals surface area contributed by atoms with Gasteiger partial charge in [0.15, 0.2) is 11.4 Å². The van der Waals surface area contributed by atoms with Gasteiger partial charge in [-0.1, -0.05) is 13.8 Å². The quantitative estimate of drug-likeness (QED) is 0.331. The molecule has 0 atom stereocenters. The van der Waals surface area contributed by atoms with Gasteiger partial charge in [-0.3, -0.25) is 28.4 Å². The summed E-state index contributed by atoms with van der Waals surface area (Å²) in [5.74, 6) is -0.378. The molecule has 0 saturated heterocycles. The lowest BCUT2D eigenvalue weighted by Crippen LogP contribution is -2.38. The van der Waals surface area contributed by atoms with E-state index in [1.54, 1.807) is 46.9 Å². The molecule has 5 rings (SSSR count). The third-order valence-electron chi connectivity index (χ3n) is 6.54. The first-order chi connectivity index (χ1) is 17.6. The summed E-state index contributed by atoms with van der Waals surface area (Å²) in [6.07, 6.45) is 3.34. The number of carbonyl (C=O) groups is 1. The van der Waals surface area contributed by atoms with Crippen molar-refractivity contribution >= 4 is 27.7 Å². The van der Waals surface area contributed by atoms with Crippen molar-refractivity contribution in [3.63, 3.8) is 0 Å². The predicted octanol–water partition coefficient (Wildman–Crippen LogP) is 3.50. The highest BCUT2D eigenvalue weighted by Crippen LogP contribution is 2.30. The zero-order valence-corrected chi connectivity index (χ0v) is 21.3. The van der Waals surface area contributed by atoms with Crippen molar-refractivity contribution < 1.29 is 9.18 Å². The molecule has 9 nitrogen and oxygen atoms in total. The molecule has 10 heteroatoms. The number of halogens is 1. The molecule has 0 saturated carbocycles. The monoisotopic (exact) mass is 502 g/mol. The van der Waals surface area contributed by atoms with Gasteiger partial charge in [0.1, 0.15) is 16.9 Å². The Morgan fingerprint density at radius 3 is 2.54 bits per heavy atom. The SMILES string of the molecule is CC(=O)c1cc(-c2c3c(=O)n(C)c(=O)n(CC(C)C)c3nn2Cc2ccnc3ccc(F)cc23)n(C)c1. The summed E-state index contributed by atoms with van der Waals surface area (Å²) in [6, 6.07) is 7.89. The molecule has 5 aromatic rings. The number of pyridine rings is 1. The van der Waals surface area contributed by atoms with E-state index in [9.17, 15) is 18.8 Å². The van der Waals surface area contributed by atoms with Gasteiger partial charge in [0, 0.05) is 44.0 Å². The van der Waals surface area contributed by atoms with E-state index in [0.717, 1.165) is 10.1 Å². The van der Waals surface area contributed by atoms with Crippen LogP contribution >= 0.6 is 0 Å². The van der Waals surface area contributed by atoms with Gasteiger partial charge in [-0.25, -0.2) is 9.18 Å². The van der Waals surface area contributed by atoms with E-state index in [2.05, 4.69) is 4.98 Å². The average Bonchev–Trinajstić information content (AvgIpc) is 3.41. The van der Waals surface area contributed by atoms with E-state index in [1.807, 2.05) is 13.8 Å². The van der Waals surface area contributed by atoms with Gasteiger partial charge in [0.25, 0.3) is 5.56 Å². The Bertz CT molecular complexity index is 1820. The summed E-state index contributed by atoms with van der Waals surface area (Å²) < 4.78 is 20.2. The summed E-state index contributed by atoms with van der Waals surface area (Å²) in [4.78, 5) is 43.1. The predicted molar refractivity (Wildman–Crippen MR) is 139 cm³/mol. The molecule has 0 bridgehead atoms. The Labute approximate surface area is 211 Å². The number of ketones is 1. The van der Waals surface area contributed by atoms with Crippen molar-refractivity contribution in [2.45, 2.75) is 33.9 Å². The van der Waals surface area contributed by atoms with Gasteiger partial charge >= 0.3 is 5.69 Å². The minimum Gasteiger partial charge on any atom is -0.349 e. The maximum atomic E-state index is 14.1. The van der Waals surface area contributed by atoms with Crippen molar-refractivity contribution in [2.75, 3.05) is 0 Å². The molecular weight excluding hydrogens is 475 g/mol. The fourth-order valence-corrected chi connectivity index (χ4v) is 4.73. The van der Waals surface area contributed by atoms with Gasteiger partial charge in [0.2, 0.25) is 0 Å². The second kappa shape index (κ2) is 8.95. The van der Waals surface area contributed by atoms with Crippen molar-refractivity contribution in [3.8, 4) is 11.4 Å². The van der Waals surface area contributed by atoms with Crippen LogP contribution in [-0.4, -0.2) is 34.2 Å². The molecule has 4 heterocycles. The highest BCUT2D eigenvalue weighted by atomic mass is 19.1. The Hall–Kier alpha value is -4.34. The first-order valence-electron chi connectivity index (χ1n) is 12.0. The summed E-state index contributed by atoms with van der Waals surface area (Å²) >= 11 is 0. The Balaban J connectivity index is 1.87. The minimum absolute atomic E-state index is 0.113. The van der Waals surface area contributed by atoms with Gasteiger partial charge in [0.05, 0.1) is 17.8 Å². The highest BCUT2D eigenvalue weighted by molar-refractivity contribution is 5.97. The van der Waals surface area contributed by atoms with E-state index in [0.29, 0.717) is 34.4 Å². The molecule has 1 aromatic carbocycles. The van der Waals surface area contributed by atoms with E-state index < -0.39 is 11.2 Å². The number of fused-ring (bicyclic) bond motifs is 2. The number of aryl methyl sites for hydroxylation is 1. The fraction of sp³-hybridized carbons (Fsp3) is 0.296. The van der Waals surface area contributed by atoms with Gasteiger partial charge in [-0.15, -0.1) is 0 Å². The normalized spacial score (nSPS) is 11.8. The molecule has 0 aliphatic rings. The molecule has 0 N–H and O–H groups in total. The minimum atomic E-state index is -0.475. The fourth-order valence-electron chi connectivity index (χ4n) is 4.73. The van der Waals surface area contributed by atoms with Crippen LogP contribution in [0.1, 0.15) is 36.7 Å². The van der Waals surface area contributed by atoms with Crippen LogP contribution in [-0.2, 0) is 27.2 Å². The van der Waals surface area contributed by atoms with Crippen molar-refractivity contribution in [1.82, 2.24) is 28.5 Å².